The topological polar surface area (TPSA) is 26.7 Å². The van der Waals surface area contributed by atoms with Gasteiger partial charge in [0.2, 0.25) is 0 Å². The van der Waals surface area contributed by atoms with Gasteiger partial charge in [-0.2, -0.15) is 0 Å². The van der Waals surface area contributed by atoms with E-state index in [2.05, 4.69) is 0 Å². The van der Waals surface area contributed by atoms with Gasteiger partial charge in [0.1, 0.15) is 0 Å². The van der Waals surface area contributed by atoms with Crippen LogP contribution in [-0.2, 0) is 0 Å². The van der Waals surface area contributed by atoms with Crippen LogP contribution >= 0.6 is 24.8 Å². The second-order valence-corrected chi connectivity index (χ2v) is 2.87. The third-order valence-corrected chi connectivity index (χ3v) is 0.547. The first-order valence-corrected chi connectivity index (χ1v) is 3.37. The number of hydrogen-bond donors (Lipinski definition) is 1. The van der Waals surface area contributed by atoms with Gasteiger partial charge in [0.15, 0.2) is 0 Å². The number of hydrogen-bond acceptors (Lipinski definition) is 3. The minimum absolute atomic E-state index is 0. The number of nitrogens with zero attached hydrogens (tertiary/aromatic N) is 2. The van der Waals surface area contributed by atoms with Crippen LogP contribution in [0.25, 0.3) is 0 Å². The van der Waals surface area contributed by atoms with Crippen LogP contribution in [-0.4, -0.2) is 63.3 Å². The molecule has 0 bridgehead atoms. The number of likely N-dealkylation sites (N-methyl/N-ethyl adjacent to an activating group) is 1. The van der Waals surface area contributed by atoms with Crippen molar-refractivity contribution in [2.45, 2.75) is 0 Å². The summed E-state index contributed by atoms with van der Waals surface area (Å²) in [5.74, 6) is 0. The van der Waals surface area contributed by atoms with Gasteiger partial charge >= 0.3 is 0 Å². The summed E-state index contributed by atoms with van der Waals surface area (Å²) in [6.07, 6.45) is 0. The molecule has 0 spiro atoms. The summed E-state index contributed by atoms with van der Waals surface area (Å²) in [6, 6.07) is 0. The molecule has 0 unspecified atom stereocenters. The molecule has 5 heteroatoms. The zero-order valence-electron chi connectivity index (χ0n) is 8.57. The normalized spacial score (nSPS) is 8.00. The van der Waals surface area contributed by atoms with E-state index in [1.807, 2.05) is 45.0 Å². The minimum Gasteiger partial charge on any atom is -0.395 e. The zero-order valence-corrected chi connectivity index (χ0v) is 10.2. The summed E-state index contributed by atoms with van der Waals surface area (Å²) < 4.78 is 0. The molecular weight excluding hydrogens is 199 g/mol. The lowest BCUT2D eigenvalue weighted by Gasteiger charge is -2.03. The molecule has 0 amide bonds. The zero-order chi connectivity index (χ0) is 8.57. The molecule has 0 saturated carbocycles. The van der Waals surface area contributed by atoms with Crippen LogP contribution in [0, 0.1) is 0 Å². The number of aliphatic hydroxyl groups is 1. The van der Waals surface area contributed by atoms with E-state index in [0.717, 1.165) is 6.54 Å². The van der Waals surface area contributed by atoms with E-state index in [1.165, 1.54) is 0 Å². The van der Waals surface area contributed by atoms with Crippen LogP contribution in [0.15, 0.2) is 0 Å². The van der Waals surface area contributed by atoms with Crippen LogP contribution in [0.3, 0.4) is 0 Å². The Bertz CT molecular complexity index is 60.6. The van der Waals surface area contributed by atoms with Crippen molar-refractivity contribution in [1.29, 1.82) is 0 Å². The van der Waals surface area contributed by atoms with E-state index in [1.54, 1.807) is 0 Å². The molecule has 0 atom stereocenters. The van der Waals surface area contributed by atoms with Gasteiger partial charge < -0.3 is 14.9 Å². The Labute approximate surface area is 88.6 Å². The average molecular weight is 221 g/mol. The van der Waals surface area contributed by atoms with Crippen LogP contribution in [0.2, 0.25) is 0 Å². The molecule has 0 heterocycles. The molecule has 0 fully saturated rings. The average Bonchev–Trinajstić information content (AvgIpc) is 1.62. The first-order chi connectivity index (χ1) is 4.50. The van der Waals surface area contributed by atoms with Crippen molar-refractivity contribution >= 4 is 24.8 Å². The van der Waals surface area contributed by atoms with Crippen molar-refractivity contribution in [3.05, 3.63) is 0 Å². The minimum atomic E-state index is 0. The second-order valence-electron chi connectivity index (χ2n) is 2.87. The summed E-state index contributed by atoms with van der Waals surface area (Å²) in [5.41, 5.74) is 0. The molecule has 0 aromatic rings. The van der Waals surface area contributed by atoms with E-state index < -0.39 is 0 Å². The maximum Gasteiger partial charge on any atom is 0.0558 e. The van der Waals surface area contributed by atoms with E-state index in [-0.39, 0.29) is 31.4 Å². The Balaban J connectivity index is -0.0000000483. The van der Waals surface area contributed by atoms with Gasteiger partial charge in [0.25, 0.3) is 0 Å². The Morgan fingerprint density at radius 3 is 1.17 bits per heavy atom. The number of rotatable bonds is 2. The monoisotopic (exact) mass is 220 g/mol. The summed E-state index contributed by atoms with van der Waals surface area (Å²) in [4.78, 5) is 3.93. The predicted molar refractivity (Wildman–Crippen MR) is 59.7 cm³/mol. The van der Waals surface area contributed by atoms with Crippen LogP contribution in [0.5, 0.6) is 0 Å². The molecule has 0 aliphatic rings. The van der Waals surface area contributed by atoms with Gasteiger partial charge in [-0.25, -0.2) is 0 Å². The van der Waals surface area contributed by atoms with Crippen LogP contribution in [0.4, 0.5) is 0 Å². The quantitative estimate of drug-likeness (QED) is 0.738. The molecular formula is C7H22Cl2N2O. The van der Waals surface area contributed by atoms with Crippen LogP contribution < -0.4 is 0 Å². The molecule has 3 nitrogen and oxygen atoms in total. The Hall–Kier alpha value is 0.460. The van der Waals surface area contributed by atoms with E-state index in [4.69, 9.17) is 5.11 Å². The Kier molecular flexibility index (Phi) is 33.4. The van der Waals surface area contributed by atoms with Crippen molar-refractivity contribution in [2.24, 2.45) is 0 Å². The first kappa shape index (κ1) is 22.9. The summed E-state index contributed by atoms with van der Waals surface area (Å²) in [5, 5.41) is 8.20. The Morgan fingerprint density at radius 1 is 0.917 bits per heavy atom. The third kappa shape index (κ3) is 78.2. The van der Waals surface area contributed by atoms with Crippen molar-refractivity contribution in [2.75, 3.05) is 48.4 Å². The fourth-order valence-electron chi connectivity index (χ4n) is 0.200. The van der Waals surface area contributed by atoms with Gasteiger partial charge in [0.05, 0.1) is 6.61 Å². The highest BCUT2D eigenvalue weighted by Crippen LogP contribution is 1.66. The Morgan fingerprint density at radius 2 is 1.17 bits per heavy atom. The van der Waals surface area contributed by atoms with Crippen molar-refractivity contribution in [3.63, 3.8) is 0 Å². The van der Waals surface area contributed by atoms with Gasteiger partial charge in [0, 0.05) is 6.54 Å². The van der Waals surface area contributed by atoms with Crippen molar-refractivity contribution in [3.8, 4) is 0 Å². The van der Waals surface area contributed by atoms with Crippen molar-refractivity contribution in [1.82, 2.24) is 9.80 Å². The van der Waals surface area contributed by atoms with Gasteiger partial charge in [-0.05, 0) is 35.2 Å². The number of halogens is 2. The molecule has 0 aliphatic carbocycles. The highest BCUT2D eigenvalue weighted by atomic mass is 35.5. The van der Waals surface area contributed by atoms with Gasteiger partial charge in [-0.15, -0.1) is 24.8 Å². The van der Waals surface area contributed by atoms with Crippen LogP contribution in [0.1, 0.15) is 0 Å². The fraction of sp³-hybridized carbons (Fsp3) is 1.00. The third-order valence-electron chi connectivity index (χ3n) is 0.547. The molecule has 0 rings (SSSR count). The van der Waals surface area contributed by atoms with Crippen molar-refractivity contribution < 1.29 is 5.11 Å². The lowest BCUT2D eigenvalue weighted by molar-refractivity contribution is 0.243. The maximum atomic E-state index is 8.20. The van der Waals surface area contributed by atoms with E-state index >= 15 is 0 Å². The molecule has 0 aromatic carbocycles. The highest BCUT2D eigenvalue weighted by molar-refractivity contribution is 5.85. The molecule has 0 aliphatic heterocycles. The molecule has 0 aromatic heterocycles. The van der Waals surface area contributed by atoms with E-state index in [9.17, 15) is 0 Å². The SMILES string of the molecule is CN(C)C.CN(C)CCO.Cl.Cl. The lowest BCUT2D eigenvalue weighted by Crippen LogP contribution is -2.15. The largest absolute Gasteiger partial charge is 0.395 e. The molecule has 0 radical (unpaired) electrons. The molecule has 0 saturated heterocycles. The lowest BCUT2D eigenvalue weighted by atomic mass is 10.6. The standard InChI is InChI=1S/C4H11NO.C3H9N.2ClH/c1-5(2)3-4-6;1-4(2)3;;/h6H,3-4H2,1-2H3;1-3H3;2*1H. The summed E-state index contributed by atoms with van der Waals surface area (Å²) in [6.45, 7) is 1.02. The molecule has 12 heavy (non-hydrogen) atoms. The molecule has 80 valence electrons. The summed E-state index contributed by atoms with van der Waals surface area (Å²) in [7, 11) is 9.85. The van der Waals surface area contributed by atoms with Gasteiger partial charge in [-0.3, -0.25) is 0 Å². The number of aliphatic hydroxyl groups excluding tert-OH is 1. The maximum absolute atomic E-state index is 8.20. The smallest absolute Gasteiger partial charge is 0.0558 e. The predicted octanol–water partition coefficient (Wildman–Crippen LogP) is 0.562. The summed E-state index contributed by atoms with van der Waals surface area (Å²) >= 11 is 0. The second kappa shape index (κ2) is 17.5. The van der Waals surface area contributed by atoms with Gasteiger partial charge in [-0.1, -0.05) is 0 Å². The highest BCUT2D eigenvalue weighted by Gasteiger charge is 1.80. The molecule has 1 N–H and O–H groups in total. The van der Waals surface area contributed by atoms with E-state index in [0.29, 0.717) is 0 Å². The first-order valence-electron chi connectivity index (χ1n) is 3.37. The fourth-order valence-corrected chi connectivity index (χ4v) is 0.200.